The van der Waals surface area contributed by atoms with E-state index in [1.807, 2.05) is 6.07 Å². The van der Waals surface area contributed by atoms with Gasteiger partial charge in [-0.3, -0.25) is 9.59 Å². The molecule has 2 heterocycles. The van der Waals surface area contributed by atoms with Gasteiger partial charge in [-0.1, -0.05) is 0 Å². The minimum atomic E-state index is -0.178. The van der Waals surface area contributed by atoms with E-state index in [4.69, 9.17) is 4.42 Å². The van der Waals surface area contributed by atoms with E-state index in [1.54, 1.807) is 17.2 Å². The molecule has 1 aliphatic heterocycles. The molecule has 0 aromatic carbocycles. The third-order valence-electron chi connectivity index (χ3n) is 3.67. The lowest BCUT2D eigenvalue weighted by Crippen LogP contribution is -2.44. The van der Waals surface area contributed by atoms with E-state index in [1.165, 1.54) is 0 Å². The first kappa shape index (κ1) is 15.6. The van der Waals surface area contributed by atoms with Gasteiger partial charge in [-0.15, -0.1) is 0 Å². The summed E-state index contributed by atoms with van der Waals surface area (Å²) in [4.78, 5) is 25.1. The number of nitrogens with one attached hydrogen (secondary N) is 1. The second-order valence-corrected chi connectivity index (χ2v) is 5.41. The highest BCUT2D eigenvalue weighted by Crippen LogP contribution is 2.10. The van der Waals surface area contributed by atoms with Crippen molar-refractivity contribution in [2.24, 2.45) is 5.92 Å². The van der Waals surface area contributed by atoms with E-state index in [0.29, 0.717) is 25.9 Å². The molecular formula is C15H22N2O4. The number of likely N-dealkylation sites (tertiary alicyclic amines) is 1. The fraction of sp³-hybridized carbons (Fsp3) is 0.600. The molecule has 0 radical (unpaired) electrons. The number of amides is 2. The number of carbonyl (C=O) groups is 2. The average molecular weight is 294 g/mol. The Labute approximate surface area is 124 Å². The van der Waals surface area contributed by atoms with Gasteiger partial charge in [-0.2, -0.15) is 0 Å². The Balaban J connectivity index is 1.72. The molecule has 6 nitrogen and oxygen atoms in total. The van der Waals surface area contributed by atoms with Gasteiger partial charge < -0.3 is 19.7 Å². The minimum absolute atomic E-state index is 0.0242. The van der Waals surface area contributed by atoms with Crippen LogP contribution in [0.4, 0.5) is 0 Å². The van der Waals surface area contributed by atoms with Crippen LogP contribution in [-0.4, -0.2) is 48.1 Å². The molecular weight excluding hydrogens is 272 g/mol. The number of aliphatic hydroxyl groups excluding tert-OH is 1. The maximum absolute atomic E-state index is 11.9. The minimum Gasteiger partial charge on any atom is -0.469 e. The first-order valence-corrected chi connectivity index (χ1v) is 7.36. The summed E-state index contributed by atoms with van der Waals surface area (Å²) in [5.74, 6) is 0.570. The molecule has 1 aromatic heterocycles. The van der Waals surface area contributed by atoms with Crippen molar-refractivity contribution in [1.29, 1.82) is 0 Å². The zero-order valence-electron chi connectivity index (χ0n) is 12.1. The van der Waals surface area contributed by atoms with Crippen LogP contribution in [0.15, 0.2) is 22.8 Å². The molecule has 2 amide bonds. The second-order valence-electron chi connectivity index (χ2n) is 5.41. The molecule has 1 atom stereocenters. The van der Waals surface area contributed by atoms with Crippen LogP contribution < -0.4 is 5.32 Å². The highest BCUT2D eigenvalue weighted by Gasteiger charge is 2.20. The summed E-state index contributed by atoms with van der Waals surface area (Å²) in [7, 11) is 0. The molecule has 0 saturated carbocycles. The van der Waals surface area contributed by atoms with Gasteiger partial charge in [0.05, 0.1) is 12.8 Å². The van der Waals surface area contributed by atoms with Crippen molar-refractivity contribution in [3.05, 3.63) is 24.2 Å². The van der Waals surface area contributed by atoms with Crippen LogP contribution in [0.25, 0.3) is 0 Å². The van der Waals surface area contributed by atoms with E-state index in [9.17, 15) is 14.7 Å². The lowest BCUT2D eigenvalue weighted by molar-refractivity contribution is -0.137. The summed E-state index contributed by atoms with van der Waals surface area (Å²) in [6.07, 6.45) is 4.56. The molecule has 1 aromatic rings. The smallest absolute Gasteiger partial charge is 0.239 e. The van der Waals surface area contributed by atoms with Crippen LogP contribution in [0.2, 0.25) is 0 Å². The maximum atomic E-state index is 11.9. The van der Waals surface area contributed by atoms with Crippen molar-refractivity contribution in [3.63, 3.8) is 0 Å². The molecule has 0 aliphatic carbocycles. The van der Waals surface area contributed by atoms with Gasteiger partial charge >= 0.3 is 0 Å². The van der Waals surface area contributed by atoms with E-state index in [2.05, 4.69) is 5.32 Å². The van der Waals surface area contributed by atoms with Crippen molar-refractivity contribution in [3.8, 4) is 0 Å². The van der Waals surface area contributed by atoms with Crippen LogP contribution in [-0.2, 0) is 16.0 Å². The molecule has 0 unspecified atom stereocenters. The maximum Gasteiger partial charge on any atom is 0.239 e. The largest absolute Gasteiger partial charge is 0.469 e. The van der Waals surface area contributed by atoms with Gasteiger partial charge in [-0.05, 0) is 25.0 Å². The number of rotatable bonds is 7. The monoisotopic (exact) mass is 294 g/mol. The highest BCUT2D eigenvalue weighted by molar-refractivity contribution is 5.85. The third-order valence-corrected chi connectivity index (χ3v) is 3.67. The van der Waals surface area contributed by atoms with Crippen LogP contribution in [0.1, 0.15) is 25.0 Å². The number of hydrogen-bond acceptors (Lipinski definition) is 4. The predicted molar refractivity (Wildman–Crippen MR) is 76.4 cm³/mol. The summed E-state index contributed by atoms with van der Waals surface area (Å²) in [5, 5.41) is 12.1. The van der Waals surface area contributed by atoms with Crippen LogP contribution in [0, 0.1) is 5.92 Å². The van der Waals surface area contributed by atoms with Gasteiger partial charge in [0.25, 0.3) is 0 Å². The lowest BCUT2D eigenvalue weighted by Gasteiger charge is -2.26. The van der Waals surface area contributed by atoms with E-state index in [-0.39, 0.29) is 30.9 Å². The second kappa shape index (κ2) is 7.83. The Bertz CT molecular complexity index is 458. The Kier molecular flexibility index (Phi) is 5.80. The van der Waals surface area contributed by atoms with Crippen molar-refractivity contribution in [2.45, 2.75) is 25.7 Å². The quantitative estimate of drug-likeness (QED) is 0.770. The summed E-state index contributed by atoms with van der Waals surface area (Å²) in [6.45, 7) is 1.11. The molecule has 1 saturated heterocycles. The number of piperidine rings is 1. The van der Waals surface area contributed by atoms with Gasteiger partial charge in [-0.25, -0.2) is 0 Å². The number of hydrogen-bond donors (Lipinski definition) is 2. The molecule has 2 N–H and O–H groups in total. The van der Waals surface area contributed by atoms with Crippen molar-refractivity contribution in [2.75, 3.05) is 26.2 Å². The fourth-order valence-electron chi connectivity index (χ4n) is 2.43. The number of furan rings is 1. The Morgan fingerprint density at radius 2 is 2.33 bits per heavy atom. The first-order chi connectivity index (χ1) is 10.2. The molecule has 116 valence electrons. The van der Waals surface area contributed by atoms with E-state index < -0.39 is 0 Å². The van der Waals surface area contributed by atoms with Crippen molar-refractivity contribution >= 4 is 11.8 Å². The third kappa shape index (κ3) is 4.90. The summed E-state index contributed by atoms with van der Waals surface area (Å²) in [5.41, 5.74) is 0. The zero-order chi connectivity index (χ0) is 15.1. The van der Waals surface area contributed by atoms with Crippen molar-refractivity contribution in [1.82, 2.24) is 10.2 Å². The predicted octanol–water partition coefficient (Wildman–Crippen LogP) is 0.559. The highest BCUT2D eigenvalue weighted by atomic mass is 16.3. The summed E-state index contributed by atoms with van der Waals surface area (Å²) >= 11 is 0. The Hall–Kier alpha value is -1.82. The van der Waals surface area contributed by atoms with Crippen LogP contribution >= 0.6 is 0 Å². The SMILES string of the molecule is O=C(CN1CCCCC1=O)NC[C@H](CO)Cc1ccco1. The number of nitrogens with zero attached hydrogens (tertiary/aromatic N) is 1. The standard InChI is InChI=1S/C15H22N2O4/c18-11-12(8-13-4-3-7-21-13)9-16-14(19)10-17-6-2-1-5-15(17)20/h3-4,7,12,18H,1-2,5-6,8-11H2,(H,16,19)/t12-/m1/s1. The number of carbonyl (C=O) groups excluding carboxylic acids is 2. The van der Waals surface area contributed by atoms with Gasteiger partial charge in [0, 0.05) is 38.5 Å². The molecule has 21 heavy (non-hydrogen) atoms. The van der Waals surface area contributed by atoms with Gasteiger partial charge in [0.15, 0.2) is 0 Å². The van der Waals surface area contributed by atoms with Crippen LogP contribution in [0.3, 0.4) is 0 Å². The van der Waals surface area contributed by atoms with Crippen LogP contribution in [0.5, 0.6) is 0 Å². The zero-order valence-corrected chi connectivity index (χ0v) is 12.1. The number of aliphatic hydroxyl groups is 1. The molecule has 6 heteroatoms. The van der Waals surface area contributed by atoms with Crippen molar-refractivity contribution < 1.29 is 19.1 Å². The topological polar surface area (TPSA) is 82.8 Å². The summed E-state index contributed by atoms with van der Waals surface area (Å²) < 4.78 is 5.23. The van der Waals surface area contributed by atoms with Gasteiger partial charge in [0.2, 0.25) is 11.8 Å². The van der Waals surface area contributed by atoms with E-state index >= 15 is 0 Å². The normalized spacial score (nSPS) is 16.8. The lowest BCUT2D eigenvalue weighted by atomic mass is 10.1. The van der Waals surface area contributed by atoms with Gasteiger partial charge in [0.1, 0.15) is 5.76 Å². The van der Waals surface area contributed by atoms with E-state index in [0.717, 1.165) is 18.6 Å². The Morgan fingerprint density at radius 1 is 1.48 bits per heavy atom. The first-order valence-electron chi connectivity index (χ1n) is 7.36. The fourth-order valence-corrected chi connectivity index (χ4v) is 2.43. The Morgan fingerprint density at radius 3 is 3.00 bits per heavy atom. The molecule has 2 rings (SSSR count). The molecule has 0 spiro atoms. The average Bonchev–Trinajstić information content (AvgIpc) is 2.99. The molecule has 1 fully saturated rings. The molecule has 0 bridgehead atoms. The summed E-state index contributed by atoms with van der Waals surface area (Å²) in [6, 6.07) is 3.64. The molecule has 1 aliphatic rings.